The molecule has 0 saturated heterocycles. The number of halogens is 3. The van der Waals surface area contributed by atoms with Crippen molar-refractivity contribution in [1.29, 1.82) is 0 Å². The molecule has 0 aliphatic rings. The first-order chi connectivity index (χ1) is 8.62. The Morgan fingerprint density at radius 3 is 2.37 bits per heavy atom. The van der Waals surface area contributed by atoms with Gasteiger partial charge in [0.05, 0.1) is 5.69 Å². The van der Waals surface area contributed by atoms with Gasteiger partial charge >= 0.3 is 6.18 Å². The van der Waals surface area contributed by atoms with Crippen molar-refractivity contribution in [2.75, 3.05) is 19.8 Å². The van der Waals surface area contributed by atoms with E-state index in [9.17, 15) is 18.0 Å². The highest BCUT2D eigenvalue weighted by molar-refractivity contribution is 5.95. The zero-order valence-electron chi connectivity index (χ0n) is 10.8. The third-order valence-corrected chi connectivity index (χ3v) is 2.43. The van der Waals surface area contributed by atoms with E-state index >= 15 is 0 Å². The second kappa shape index (κ2) is 5.38. The molecule has 1 aromatic carbocycles. The maximum atomic E-state index is 12.4. The molecule has 1 rings (SSSR count). The fraction of sp³-hybridized carbons (Fsp3) is 0.417. The number of nitrogens with zero attached hydrogens (tertiary/aromatic N) is 1. The van der Waals surface area contributed by atoms with Gasteiger partial charge in [-0.1, -0.05) is 0 Å². The molecule has 0 spiro atoms. The Labute approximate surface area is 108 Å². The highest BCUT2D eigenvalue weighted by Crippen LogP contribution is 2.29. The number of rotatable bonds is 3. The lowest BCUT2D eigenvalue weighted by atomic mass is 10.1. The molecule has 2 N–H and O–H groups in total. The molecule has 1 amide bonds. The van der Waals surface area contributed by atoms with Gasteiger partial charge < -0.3 is 15.4 Å². The first kappa shape index (κ1) is 15.1. The van der Waals surface area contributed by atoms with E-state index in [0.717, 1.165) is 6.92 Å². The summed E-state index contributed by atoms with van der Waals surface area (Å²) in [5, 5.41) is 0. The number of hydrogen-bond acceptors (Lipinski definition) is 3. The van der Waals surface area contributed by atoms with Crippen LogP contribution in [-0.4, -0.2) is 37.2 Å². The van der Waals surface area contributed by atoms with Crippen molar-refractivity contribution in [2.24, 2.45) is 0 Å². The number of amides is 1. The molecule has 4 nitrogen and oxygen atoms in total. The fourth-order valence-corrected chi connectivity index (χ4v) is 1.30. The first-order valence-electron chi connectivity index (χ1n) is 5.47. The summed E-state index contributed by atoms with van der Waals surface area (Å²) in [6, 6.07) is 3.92. The van der Waals surface area contributed by atoms with Crippen LogP contribution in [0.1, 0.15) is 17.3 Å². The van der Waals surface area contributed by atoms with Crippen molar-refractivity contribution in [3.8, 4) is 5.75 Å². The monoisotopic (exact) mass is 276 g/mol. The third kappa shape index (κ3) is 3.77. The van der Waals surface area contributed by atoms with Crippen LogP contribution in [0.15, 0.2) is 18.2 Å². The van der Waals surface area contributed by atoms with Crippen LogP contribution in [0.5, 0.6) is 5.75 Å². The summed E-state index contributed by atoms with van der Waals surface area (Å²) in [4.78, 5) is 13.0. The van der Waals surface area contributed by atoms with Crippen LogP contribution in [0, 0.1) is 0 Å². The summed E-state index contributed by atoms with van der Waals surface area (Å²) in [6.07, 6.45) is -6.44. The van der Waals surface area contributed by atoms with Gasteiger partial charge in [0.2, 0.25) is 0 Å². The Kier molecular flexibility index (Phi) is 4.28. The van der Waals surface area contributed by atoms with E-state index in [1.807, 2.05) is 0 Å². The molecule has 0 aliphatic carbocycles. The van der Waals surface area contributed by atoms with Crippen LogP contribution in [0.3, 0.4) is 0 Å². The minimum Gasteiger partial charge on any atom is -0.479 e. The molecule has 7 heteroatoms. The highest BCUT2D eigenvalue weighted by atomic mass is 19.4. The Balaban J connectivity index is 2.93. The van der Waals surface area contributed by atoms with Crippen LogP contribution in [-0.2, 0) is 0 Å². The van der Waals surface area contributed by atoms with Gasteiger partial charge in [0.25, 0.3) is 5.91 Å². The van der Waals surface area contributed by atoms with Crippen LogP contribution in [0.4, 0.5) is 18.9 Å². The lowest BCUT2D eigenvalue weighted by Gasteiger charge is -2.19. The minimum atomic E-state index is -4.47. The van der Waals surface area contributed by atoms with Gasteiger partial charge in [-0.3, -0.25) is 4.79 Å². The SMILES string of the molecule is CC(Oc1ccc(C(=O)N(C)C)cc1N)C(F)(F)F. The van der Waals surface area contributed by atoms with Gasteiger partial charge in [-0.2, -0.15) is 13.2 Å². The summed E-state index contributed by atoms with van der Waals surface area (Å²) in [7, 11) is 3.13. The normalized spacial score (nSPS) is 12.9. The number of benzene rings is 1. The van der Waals surface area contributed by atoms with E-state index in [1.165, 1.54) is 23.1 Å². The molecule has 1 atom stereocenters. The zero-order valence-corrected chi connectivity index (χ0v) is 10.8. The van der Waals surface area contributed by atoms with E-state index in [0.29, 0.717) is 0 Å². The molecule has 0 radical (unpaired) electrons. The third-order valence-electron chi connectivity index (χ3n) is 2.43. The molecular formula is C12H15F3N2O2. The molecule has 0 aliphatic heterocycles. The van der Waals surface area contributed by atoms with Gasteiger partial charge in [-0.15, -0.1) is 0 Å². The van der Waals surface area contributed by atoms with Gasteiger partial charge in [0.15, 0.2) is 6.10 Å². The number of carbonyl (C=O) groups is 1. The number of nitrogens with two attached hydrogens (primary N) is 1. The number of nitrogen functional groups attached to an aromatic ring is 1. The maximum absolute atomic E-state index is 12.4. The molecule has 0 heterocycles. The van der Waals surface area contributed by atoms with Crippen LogP contribution in [0.2, 0.25) is 0 Å². The summed E-state index contributed by atoms with van der Waals surface area (Å²) in [5.41, 5.74) is 5.86. The zero-order chi connectivity index (χ0) is 14.8. The average Bonchev–Trinajstić information content (AvgIpc) is 2.29. The first-order valence-corrected chi connectivity index (χ1v) is 5.47. The lowest BCUT2D eigenvalue weighted by molar-refractivity contribution is -0.189. The molecule has 0 aromatic heterocycles. The minimum absolute atomic E-state index is 0.0104. The predicted octanol–water partition coefficient (Wildman–Crippen LogP) is 2.30. The fourth-order valence-electron chi connectivity index (χ4n) is 1.30. The Bertz CT molecular complexity index is 473. The summed E-state index contributed by atoms with van der Waals surface area (Å²) in [6.45, 7) is 0.887. The van der Waals surface area contributed by atoms with E-state index in [2.05, 4.69) is 0 Å². The highest BCUT2D eigenvalue weighted by Gasteiger charge is 2.38. The number of alkyl halides is 3. The van der Waals surface area contributed by atoms with E-state index < -0.39 is 12.3 Å². The van der Waals surface area contributed by atoms with Crippen molar-refractivity contribution in [1.82, 2.24) is 4.90 Å². The molecule has 0 bridgehead atoms. The van der Waals surface area contributed by atoms with Crippen LogP contribution >= 0.6 is 0 Å². The van der Waals surface area contributed by atoms with E-state index in [4.69, 9.17) is 10.5 Å². The standard InChI is InChI=1S/C12H15F3N2O2/c1-7(12(13,14)15)19-10-5-4-8(6-9(10)16)11(18)17(2)3/h4-7H,16H2,1-3H3. The van der Waals surface area contributed by atoms with Crippen LogP contribution in [0.25, 0.3) is 0 Å². The van der Waals surface area contributed by atoms with Gasteiger partial charge in [-0.25, -0.2) is 0 Å². The van der Waals surface area contributed by atoms with Crippen LogP contribution < -0.4 is 10.5 Å². The van der Waals surface area contributed by atoms with Gasteiger partial charge in [-0.05, 0) is 25.1 Å². The Hall–Kier alpha value is -1.92. The molecular weight excluding hydrogens is 261 g/mol. The number of ether oxygens (including phenoxy) is 1. The number of carbonyl (C=O) groups excluding carboxylic acids is 1. The predicted molar refractivity (Wildman–Crippen MR) is 65.0 cm³/mol. The smallest absolute Gasteiger partial charge is 0.425 e. The van der Waals surface area contributed by atoms with E-state index in [1.54, 1.807) is 14.1 Å². The lowest BCUT2D eigenvalue weighted by Crippen LogP contribution is -2.31. The number of hydrogen-bond donors (Lipinski definition) is 1. The van der Waals surface area contributed by atoms with E-state index in [-0.39, 0.29) is 22.9 Å². The van der Waals surface area contributed by atoms with Crippen molar-refractivity contribution in [3.05, 3.63) is 23.8 Å². The summed E-state index contributed by atoms with van der Waals surface area (Å²) >= 11 is 0. The molecule has 0 fully saturated rings. The van der Waals surface area contributed by atoms with Crippen molar-refractivity contribution in [2.45, 2.75) is 19.2 Å². The summed E-state index contributed by atoms with van der Waals surface area (Å²) < 4.78 is 41.8. The Morgan fingerprint density at radius 2 is 1.95 bits per heavy atom. The largest absolute Gasteiger partial charge is 0.479 e. The van der Waals surface area contributed by atoms with Gasteiger partial charge in [0.1, 0.15) is 5.75 Å². The molecule has 1 aromatic rings. The number of anilines is 1. The topological polar surface area (TPSA) is 55.6 Å². The molecule has 0 saturated carbocycles. The second-order valence-corrected chi connectivity index (χ2v) is 4.25. The quantitative estimate of drug-likeness (QED) is 0.862. The van der Waals surface area contributed by atoms with Crippen molar-refractivity contribution in [3.63, 3.8) is 0 Å². The van der Waals surface area contributed by atoms with Crippen molar-refractivity contribution >= 4 is 11.6 Å². The summed E-state index contributed by atoms with van der Waals surface area (Å²) in [5.74, 6) is -0.387. The molecule has 19 heavy (non-hydrogen) atoms. The molecule has 1 unspecified atom stereocenters. The molecule has 106 valence electrons. The second-order valence-electron chi connectivity index (χ2n) is 4.25. The Morgan fingerprint density at radius 1 is 1.37 bits per heavy atom. The maximum Gasteiger partial charge on any atom is 0.425 e. The average molecular weight is 276 g/mol. The van der Waals surface area contributed by atoms with Crippen molar-refractivity contribution < 1.29 is 22.7 Å². The van der Waals surface area contributed by atoms with Gasteiger partial charge in [0, 0.05) is 19.7 Å².